The second-order valence-electron chi connectivity index (χ2n) is 5.45. The Morgan fingerprint density at radius 3 is 2.54 bits per heavy atom. The molecule has 1 unspecified atom stereocenters. The van der Waals surface area contributed by atoms with E-state index in [2.05, 4.69) is 10.6 Å². The molecule has 2 aromatic rings. The summed E-state index contributed by atoms with van der Waals surface area (Å²) in [7, 11) is 0. The van der Waals surface area contributed by atoms with Crippen LogP contribution in [-0.2, 0) is 4.79 Å². The van der Waals surface area contributed by atoms with E-state index in [0.29, 0.717) is 21.9 Å². The van der Waals surface area contributed by atoms with Gasteiger partial charge in [-0.3, -0.25) is 9.59 Å². The van der Waals surface area contributed by atoms with E-state index < -0.39 is 6.10 Å². The number of halogens is 1. The molecule has 0 aliphatic carbocycles. The summed E-state index contributed by atoms with van der Waals surface area (Å²) in [5, 5.41) is 14.8. The number of amides is 2. The molecule has 0 bridgehead atoms. The molecule has 0 aromatic heterocycles. The molecule has 6 nitrogen and oxygen atoms in total. The number of ether oxygens (including phenoxy) is 1. The van der Waals surface area contributed by atoms with Crippen LogP contribution < -0.4 is 15.4 Å². The van der Waals surface area contributed by atoms with Crippen LogP contribution in [0.1, 0.15) is 22.8 Å². The molecule has 26 heavy (non-hydrogen) atoms. The molecule has 2 amide bonds. The van der Waals surface area contributed by atoms with Crippen LogP contribution in [0.15, 0.2) is 48.5 Å². The highest BCUT2D eigenvalue weighted by Gasteiger charge is 2.14. The molecule has 7 heteroatoms. The lowest BCUT2D eigenvalue weighted by Crippen LogP contribution is -2.40. The van der Waals surface area contributed by atoms with E-state index in [4.69, 9.17) is 21.6 Å². The SMILES string of the molecule is CC(Oc1cccc(C#N)c1)C(=O)NCCNC(=O)c1ccc(Cl)cc1. The zero-order valence-electron chi connectivity index (χ0n) is 14.2. The quantitative estimate of drug-likeness (QED) is 0.731. The standard InChI is InChI=1S/C19H18ClN3O3/c1-13(26-17-4-2-3-14(11-17)12-21)18(24)22-9-10-23-19(25)15-5-7-16(20)8-6-15/h2-8,11,13H,9-10H2,1H3,(H,22,24)(H,23,25). The zero-order chi connectivity index (χ0) is 18.9. The highest BCUT2D eigenvalue weighted by atomic mass is 35.5. The minimum Gasteiger partial charge on any atom is -0.481 e. The van der Waals surface area contributed by atoms with Crippen molar-refractivity contribution in [1.29, 1.82) is 5.26 Å². The second-order valence-corrected chi connectivity index (χ2v) is 5.89. The van der Waals surface area contributed by atoms with Crippen molar-refractivity contribution in [2.24, 2.45) is 0 Å². The number of hydrogen-bond acceptors (Lipinski definition) is 4. The van der Waals surface area contributed by atoms with E-state index in [-0.39, 0.29) is 24.9 Å². The molecule has 1 atom stereocenters. The summed E-state index contributed by atoms with van der Waals surface area (Å²) in [5.74, 6) is -0.107. The van der Waals surface area contributed by atoms with Gasteiger partial charge in [-0.2, -0.15) is 5.26 Å². The van der Waals surface area contributed by atoms with Crippen LogP contribution in [0.25, 0.3) is 0 Å². The molecule has 0 spiro atoms. The maximum Gasteiger partial charge on any atom is 0.260 e. The van der Waals surface area contributed by atoms with Crippen LogP contribution >= 0.6 is 11.6 Å². The van der Waals surface area contributed by atoms with Crippen molar-refractivity contribution in [3.63, 3.8) is 0 Å². The lowest BCUT2D eigenvalue weighted by molar-refractivity contribution is -0.127. The van der Waals surface area contributed by atoms with E-state index in [1.54, 1.807) is 55.5 Å². The second kappa shape index (κ2) is 9.44. The van der Waals surface area contributed by atoms with Gasteiger partial charge in [0.25, 0.3) is 11.8 Å². The van der Waals surface area contributed by atoms with Crippen molar-refractivity contribution in [3.8, 4) is 11.8 Å². The molecule has 0 aliphatic heterocycles. The van der Waals surface area contributed by atoms with Gasteiger partial charge in [0, 0.05) is 23.7 Å². The van der Waals surface area contributed by atoms with Crippen molar-refractivity contribution in [2.45, 2.75) is 13.0 Å². The topological polar surface area (TPSA) is 91.2 Å². The first-order valence-corrected chi connectivity index (χ1v) is 8.35. The largest absolute Gasteiger partial charge is 0.481 e. The van der Waals surface area contributed by atoms with E-state index in [1.165, 1.54) is 0 Å². The molecule has 0 aliphatic rings. The van der Waals surface area contributed by atoms with Crippen molar-refractivity contribution < 1.29 is 14.3 Å². The summed E-state index contributed by atoms with van der Waals surface area (Å²) in [6.45, 7) is 2.16. The number of hydrogen-bond donors (Lipinski definition) is 2. The van der Waals surface area contributed by atoms with Crippen LogP contribution in [0.3, 0.4) is 0 Å². The minimum absolute atomic E-state index is 0.242. The van der Waals surface area contributed by atoms with E-state index in [0.717, 1.165) is 0 Å². The molecule has 0 saturated carbocycles. The fourth-order valence-corrected chi connectivity index (χ4v) is 2.23. The Bertz CT molecular complexity index is 816. The molecule has 0 fully saturated rings. The van der Waals surface area contributed by atoms with Crippen molar-refractivity contribution in [2.75, 3.05) is 13.1 Å². The van der Waals surface area contributed by atoms with Gasteiger partial charge in [0.2, 0.25) is 0 Å². The van der Waals surface area contributed by atoms with Gasteiger partial charge in [0.1, 0.15) is 5.75 Å². The lowest BCUT2D eigenvalue weighted by Gasteiger charge is -2.15. The number of nitriles is 1. The summed E-state index contributed by atoms with van der Waals surface area (Å²) >= 11 is 5.78. The normalized spacial score (nSPS) is 11.1. The van der Waals surface area contributed by atoms with E-state index in [1.807, 2.05) is 6.07 Å². The monoisotopic (exact) mass is 371 g/mol. The van der Waals surface area contributed by atoms with Gasteiger partial charge >= 0.3 is 0 Å². The Hall–Kier alpha value is -3.04. The number of carbonyl (C=O) groups excluding carboxylic acids is 2. The van der Waals surface area contributed by atoms with Crippen molar-refractivity contribution in [3.05, 3.63) is 64.7 Å². The molecule has 2 rings (SSSR count). The number of rotatable bonds is 7. The fraction of sp³-hybridized carbons (Fsp3) is 0.211. The van der Waals surface area contributed by atoms with Crippen LogP contribution in [0, 0.1) is 11.3 Å². The Kier molecular flexibility index (Phi) is 7.01. The Morgan fingerprint density at radius 2 is 1.85 bits per heavy atom. The molecule has 0 heterocycles. The van der Waals surface area contributed by atoms with Gasteiger partial charge in [-0.1, -0.05) is 17.7 Å². The highest BCUT2D eigenvalue weighted by molar-refractivity contribution is 6.30. The van der Waals surface area contributed by atoms with Crippen molar-refractivity contribution in [1.82, 2.24) is 10.6 Å². The summed E-state index contributed by atoms with van der Waals surface area (Å²) in [6, 6.07) is 15.1. The van der Waals surface area contributed by atoms with Gasteiger partial charge in [0.05, 0.1) is 11.6 Å². The maximum absolute atomic E-state index is 12.0. The van der Waals surface area contributed by atoms with Gasteiger partial charge in [0.15, 0.2) is 6.10 Å². The third kappa shape index (κ3) is 5.80. The molecule has 2 aromatic carbocycles. The number of nitrogens with zero attached hydrogens (tertiary/aromatic N) is 1. The summed E-state index contributed by atoms with van der Waals surface area (Å²) in [5.41, 5.74) is 0.954. The summed E-state index contributed by atoms with van der Waals surface area (Å²) in [4.78, 5) is 23.9. The number of nitrogens with one attached hydrogen (secondary N) is 2. The average molecular weight is 372 g/mol. The smallest absolute Gasteiger partial charge is 0.260 e. The van der Waals surface area contributed by atoms with Crippen LogP contribution in [0.5, 0.6) is 5.75 Å². The first kappa shape index (κ1) is 19.3. The van der Waals surface area contributed by atoms with Crippen LogP contribution in [0.2, 0.25) is 5.02 Å². The summed E-state index contributed by atoms with van der Waals surface area (Å²) in [6.07, 6.45) is -0.726. The Labute approximate surface area is 156 Å². The first-order valence-electron chi connectivity index (χ1n) is 7.98. The summed E-state index contributed by atoms with van der Waals surface area (Å²) < 4.78 is 5.51. The number of benzene rings is 2. The van der Waals surface area contributed by atoms with Gasteiger partial charge < -0.3 is 15.4 Å². The third-order valence-corrected chi connectivity index (χ3v) is 3.71. The van der Waals surface area contributed by atoms with E-state index >= 15 is 0 Å². The lowest BCUT2D eigenvalue weighted by atomic mass is 10.2. The molecular formula is C19H18ClN3O3. The molecular weight excluding hydrogens is 354 g/mol. The maximum atomic E-state index is 12.0. The Balaban J connectivity index is 1.73. The van der Waals surface area contributed by atoms with Crippen LogP contribution in [-0.4, -0.2) is 31.0 Å². The average Bonchev–Trinajstić information content (AvgIpc) is 2.65. The number of carbonyl (C=O) groups is 2. The van der Waals surface area contributed by atoms with E-state index in [9.17, 15) is 9.59 Å². The predicted molar refractivity (Wildman–Crippen MR) is 98.0 cm³/mol. The minimum atomic E-state index is -0.726. The highest BCUT2D eigenvalue weighted by Crippen LogP contribution is 2.14. The van der Waals surface area contributed by atoms with Gasteiger partial charge in [-0.25, -0.2) is 0 Å². The predicted octanol–water partition coefficient (Wildman–Crippen LogP) is 2.53. The third-order valence-electron chi connectivity index (χ3n) is 3.46. The zero-order valence-corrected chi connectivity index (χ0v) is 14.9. The Morgan fingerprint density at radius 1 is 1.15 bits per heavy atom. The molecule has 0 saturated heterocycles. The molecule has 134 valence electrons. The van der Waals surface area contributed by atoms with Gasteiger partial charge in [-0.05, 0) is 49.4 Å². The first-order chi connectivity index (χ1) is 12.5. The molecule has 2 N–H and O–H groups in total. The van der Waals surface area contributed by atoms with Gasteiger partial charge in [-0.15, -0.1) is 0 Å². The van der Waals surface area contributed by atoms with Crippen molar-refractivity contribution >= 4 is 23.4 Å². The molecule has 0 radical (unpaired) electrons. The fourth-order valence-electron chi connectivity index (χ4n) is 2.11. The van der Waals surface area contributed by atoms with Crippen LogP contribution in [0.4, 0.5) is 0 Å².